The molecule has 2 rings (SSSR count). The molecule has 4 N–H and O–H groups in total. The van der Waals surface area contributed by atoms with Crippen molar-refractivity contribution in [3.8, 4) is 5.75 Å². The van der Waals surface area contributed by atoms with E-state index in [0.29, 0.717) is 11.3 Å². The quantitative estimate of drug-likeness (QED) is 0.769. The third kappa shape index (κ3) is 2.13. The Hall–Kier alpha value is -2.04. The van der Waals surface area contributed by atoms with E-state index in [0.717, 1.165) is 12.8 Å². The monoisotopic (exact) mass is 220 g/mol. The molecule has 1 aromatic rings. The van der Waals surface area contributed by atoms with Crippen LogP contribution in [-0.4, -0.2) is 17.9 Å². The topological polar surface area (TPSA) is 95.4 Å². The Morgan fingerprint density at radius 2 is 1.88 bits per heavy atom. The molecular weight excluding hydrogens is 208 g/mol. The first-order valence-corrected chi connectivity index (χ1v) is 4.98. The van der Waals surface area contributed by atoms with Crippen molar-refractivity contribution in [2.45, 2.75) is 18.9 Å². The number of carbonyl (C=O) groups is 2. The lowest BCUT2D eigenvalue weighted by molar-refractivity contribution is 0.0984. The standard InChI is InChI=1S/C11H12N2O3/c12-10(14)6-1-4-8(11(13)15)9(5-6)16-7-2-3-7/h1,4-5,7H,2-3H2,(H2,12,14)(H2,13,15). The van der Waals surface area contributed by atoms with Crippen molar-refractivity contribution >= 4 is 11.8 Å². The second kappa shape index (κ2) is 3.84. The van der Waals surface area contributed by atoms with E-state index in [1.807, 2.05) is 0 Å². The summed E-state index contributed by atoms with van der Waals surface area (Å²) in [6, 6.07) is 4.38. The van der Waals surface area contributed by atoms with Gasteiger partial charge in [-0.3, -0.25) is 9.59 Å². The number of amides is 2. The predicted octanol–water partition coefficient (Wildman–Crippen LogP) is 0.426. The van der Waals surface area contributed by atoms with Crippen molar-refractivity contribution < 1.29 is 14.3 Å². The molecule has 2 amide bonds. The summed E-state index contributed by atoms with van der Waals surface area (Å²) < 4.78 is 5.50. The first-order valence-electron chi connectivity index (χ1n) is 4.98. The number of benzene rings is 1. The Labute approximate surface area is 92.4 Å². The van der Waals surface area contributed by atoms with E-state index >= 15 is 0 Å². The van der Waals surface area contributed by atoms with E-state index in [1.165, 1.54) is 18.2 Å². The molecular formula is C11H12N2O3. The molecule has 5 heteroatoms. The molecule has 0 spiro atoms. The summed E-state index contributed by atoms with van der Waals surface area (Å²) >= 11 is 0. The maximum absolute atomic E-state index is 11.1. The number of carbonyl (C=O) groups excluding carboxylic acids is 2. The zero-order chi connectivity index (χ0) is 11.7. The molecule has 5 nitrogen and oxygen atoms in total. The molecule has 84 valence electrons. The van der Waals surface area contributed by atoms with Gasteiger partial charge in [0.1, 0.15) is 5.75 Å². The van der Waals surface area contributed by atoms with Crippen LogP contribution in [0.2, 0.25) is 0 Å². The Balaban J connectivity index is 2.37. The van der Waals surface area contributed by atoms with Gasteiger partial charge in [0, 0.05) is 5.56 Å². The smallest absolute Gasteiger partial charge is 0.252 e. The van der Waals surface area contributed by atoms with Gasteiger partial charge in [0.25, 0.3) is 5.91 Å². The Kier molecular flexibility index (Phi) is 2.52. The number of primary amides is 2. The minimum atomic E-state index is -0.577. The molecule has 1 aromatic carbocycles. The van der Waals surface area contributed by atoms with Gasteiger partial charge < -0.3 is 16.2 Å². The van der Waals surface area contributed by atoms with Crippen LogP contribution in [0.15, 0.2) is 18.2 Å². The van der Waals surface area contributed by atoms with E-state index in [2.05, 4.69) is 0 Å². The molecule has 1 aliphatic carbocycles. The molecule has 0 heterocycles. The summed E-state index contributed by atoms with van der Waals surface area (Å²) in [5.74, 6) is -0.797. The van der Waals surface area contributed by atoms with Crippen molar-refractivity contribution in [3.05, 3.63) is 29.3 Å². The molecule has 0 saturated heterocycles. The normalized spacial score (nSPS) is 14.5. The molecule has 1 saturated carbocycles. The van der Waals surface area contributed by atoms with Crippen LogP contribution in [0.1, 0.15) is 33.6 Å². The van der Waals surface area contributed by atoms with Crippen molar-refractivity contribution in [2.24, 2.45) is 11.5 Å². The summed E-state index contributed by atoms with van der Waals surface area (Å²) in [4.78, 5) is 22.1. The molecule has 1 fully saturated rings. The minimum Gasteiger partial charge on any atom is -0.490 e. The molecule has 0 aromatic heterocycles. The lowest BCUT2D eigenvalue weighted by Crippen LogP contribution is -2.16. The van der Waals surface area contributed by atoms with Crippen LogP contribution < -0.4 is 16.2 Å². The highest BCUT2D eigenvalue weighted by Gasteiger charge is 2.25. The highest BCUT2D eigenvalue weighted by molar-refractivity contribution is 5.99. The Bertz CT molecular complexity index is 453. The minimum absolute atomic E-state index is 0.126. The van der Waals surface area contributed by atoms with Crippen molar-refractivity contribution in [1.29, 1.82) is 0 Å². The van der Waals surface area contributed by atoms with Gasteiger partial charge in [0.15, 0.2) is 0 Å². The van der Waals surface area contributed by atoms with Crippen LogP contribution in [0, 0.1) is 0 Å². The van der Waals surface area contributed by atoms with Gasteiger partial charge >= 0.3 is 0 Å². The second-order valence-corrected chi connectivity index (χ2v) is 3.76. The van der Waals surface area contributed by atoms with Crippen LogP contribution in [0.3, 0.4) is 0 Å². The van der Waals surface area contributed by atoms with Gasteiger partial charge in [-0.1, -0.05) is 0 Å². The molecule has 0 atom stereocenters. The average molecular weight is 220 g/mol. The van der Waals surface area contributed by atoms with E-state index in [4.69, 9.17) is 16.2 Å². The SMILES string of the molecule is NC(=O)c1ccc(C(N)=O)c(OC2CC2)c1. The molecule has 0 unspecified atom stereocenters. The summed E-state index contributed by atoms with van der Waals surface area (Å²) in [6.07, 6.45) is 2.04. The van der Waals surface area contributed by atoms with E-state index in [1.54, 1.807) is 0 Å². The number of rotatable bonds is 4. The second-order valence-electron chi connectivity index (χ2n) is 3.76. The first-order chi connectivity index (χ1) is 7.58. The largest absolute Gasteiger partial charge is 0.490 e. The van der Waals surface area contributed by atoms with Crippen LogP contribution in [0.5, 0.6) is 5.75 Å². The number of hydrogen-bond acceptors (Lipinski definition) is 3. The summed E-state index contributed by atoms with van der Waals surface area (Å²) in [6.45, 7) is 0. The zero-order valence-corrected chi connectivity index (χ0v) is 8.60. The third-order valence-electron chi connectivity index (χ3n) is 2.35. The first kappa shape index (κ1) is 10.5. The highest BCUT2D eigenvalue weighted by Crippen LogP contribution is 2.29. The van der Waals surface area contributed by atoms with Gasteiger partial charge in [0.05, 0.1) is 11.7 Å². The summed E-state index contributed by atoms with van der Waals surface area (Å²) in [5.41, 5.74) is 10.9. The molecule has 0 bridgehead atoms. The Morgan fingerprint density at radius 3 is 2.38 bits per heavy atom. The molecule has 1 aliphatic rings. The Morgan fingerprint density at radius 1 is 1.19 bits per heavy atom. The van der Waals surface area contributed by atoms with E-state index < -0.39 is 11.8 Å². The van der Waals surface area contributed by atoms with Crippen LogP contribution in [0.25, 0.3) is 0 Å². The summed E-state index contributed by atoms with van der Waals surface area (Å²) in [7, 11) is 0. The van der Waals surface area contributed by atoms with Crippen molar-refractivity contribution in [1.82, 2.24) is 0 Å². The predicted molar refractivity (Wildman–Crippen MR) is 57.1 cm³/mol. The number of ether oxygens (including phenoxy) is 1. The fourth-order valence-corrected chi connectivity index (χ4v) is 1.34. The average Bonchev–Trinajstić information content (AvgIpc) is 3.01. The third-order valence-corrected chi connectivity index (χ3v) is 2.35. The van der Waals surface area contributed by atoms with Gasteiger partial charge in [-0.05, 0) is 31.0 Å². The highest BCUT2D eigenvalue weighted by atomic mass is 16.5. The van der Waals surface area contributed by atoms with Gasteiger partial charge in [0.2, 0.25) is 5.91 Å². The fourth-order valence-electron chi connectivity index (χ4n) is 1.34. The maximum Gasteiger partial charge on any atom is 0.252 e. The van der Waals surface area contributed by atoms with Gasteiger partial charge in [-0.2, -0.15) is 0 Å². The van der Waals surface area contributed by atoms with Crippen LogP contribution in [0.4, 0.5) is 0 Å². The summed E-state index contributed by atoms with van der Waals surface area (Å²) in [5, 5.41) is 0. The lowest BCUT2D eigenvalue weighted by atomic mass is 10.1. The number of hydrogen-bond donors (Lipinski definition) is 2. The number of nitrogens with two attached hydrogens (primary N) is 2. The van der Waals surface area contributed by atoms with Crippen molar-refractivity contribution in [3.63, 3.8) is 0 Å². The van der Waals surface area contributed by atoms with Crippen LogP contribution >= 0.6 is 0 Å². The van der Waals surface area contributed by atoms with E-state index in [-0.39, 0.29) is 11.7 Å². The van der Waals surface area contributed by atoms with Gasteiger partial charge in [-0.15, -0.1) is 0 Å². The molecule has 0 radical (unpaired) electrons. The van der Waals surface area contributed by atoms with Gasteiger partial charge in [-0.25, -0.2) is 0 Å². The molecule has 16 heavy (non-hydrogen) atoms. The van der Waals surface area contributed by atoms with Crippen molar-refractivity contribution in [2.75, 3.05) is 0 Å². The lowest BCUT2D eigenvalue weighted by Gasteiger charge is -2.09. The fraction of sp³-hybridized carbons (Fsp3) is 0.273. The molecule has 0 aliphatic heterocycles. The van der Waals surface area contributed by atoms with Crippen LogP contribution in [-0.2, 0) is 0 Å². The zero-order valence-electron chi connectivity index (χ0n) is 8.60. The van der Waals surface area contributed by atoms with E-state index in [9.17, 15) is 9.59 Å². The maximum atomic E-state index is 11.1.